The molecule has 4 nitrogen and oxygen atoms in total. The van der Waals surface area contributed by atoms with Crippen molar-refractivity contribution in [3.05, 3.63) is 34.9 Å². The first kappa shape index (κ1) is 11.1. The van der Waals surface area contributed by atoms with Crippen LogP contribution in [-0.2, 0) is 4.74 Å². The lowest BCUT2D eigenvalue weighted by atomic mass is 10.1. The summed E-state index contributed by atoms with van der Waals surface area (Å²) in [5.74, 6) is -5.00. The van der Waals surface area contributed by atoms with Crippen LogP contribution >= 0.6 is 0 Å². The summed E-state index contributed by atoms with van der Waals surface area (Å²) in [4.78, 5) is 21.3. The molecule has 0 saturated carbocycles. The Morgan fingerprint density at radius 3 is 2.13 bits per heavy atom. The summed E-state index contributed by atoms with van der Waals surface area (Å²) in [6.45, 7) is 0. The molecule has 15 heavy (non-hydrogen) atoms. The average molecular weight is 216 g/mol. The number of halogens is 2. The van der Waals surface area contributed by atoms with Crippen LogP contribution in [0.25, 0.3) is 0 Å². The van der Waals surface area contributed by atoms with Gasteiger partial charge in [0.1, 0.15) is 11.6 Å². The van der Waals surface area contributed by atoms with Crippen LogP contribution in [0.2, 0.25) is 0 Å². The molecule has 1 aromatic rings. The number of carbonyl (C=O) groups is 2. The highest BCUT2D eigenvalue weighted by Crippen LogP contribution is 2.15. The highest BCUT2D eigenvalue weighted by Gasteiger charge is 2.19. The Kier molecular flexibility index (Phi) is 2.99. The van der Waals surface area contributed by atoms with Gasteiger partial charge in [0, 0.05) is 0 Å². The molecule has 0 aliphatic carbocycles. The van der Waals surface area contributed by atoms with Gasteiger partial charge in [-0.1, -0.05) is 0 Å². The first-order valence-electron chi connectivity index (χ1n) is 3.78. The van der Waals surface area contributed by atoms with Gasteiger partial charge in [0.05, 0.1) is 18.2 Å². The molecule has 6 heteroatoms. The molecular weight excluding hydrogens is 210 g/mol. The zero-order valence-electron chi connectivity index (χ0n) is 7.58. The predicted molar refractivity (Wildman–Crippen MR) is 44.7 cm³/mol. The van der Waals surface area contributed by atoms with E-state index in [-0.39, 0.29) is 0 Å². The van der Waals surface area contributed by atoms with Crippen molar-refractivity contribution in [2.24, 2.45) is 0 Å². The molecule has 0 heterocycles. The third-order valence-electron chi connectivity index (χ3n) is 1.69. The van der Waals surface area contributed by atoms with Gasteiger partial charge in [0.2, 0.25) is 0 Å². The quantitative estimate of drug-likeness (QED) is 0.760. The van der Waals surface area contributed by atoms with Crippen LogP contribution in [0.4, 0.5) is 8.78 Å². The van der Waals surface area contributed by atoms with Crippen molar-refractivity contribution >= 4 is 11.9 Å². The number of carboxylic acids is 1. The Bertz CT molecular complexity index is 428. The lowest BCUT2D eigenvalue weighted by Gasteiger charge is -2.03. The maximum atomic E-state index is 13.1. The van der Waals surface area contributed by atoms with E-state index in [2.05, 4.69) is 4.74 Å². The lowest BCUT2D eigenvalue weighted by molar-refractivity contribution is 0.0591. The third kappa shape index (κ3) is 2.09. The molecule has 0 amide bonds. The van der Waals surface area contributed by atoms with Crippen LogP contribution in [0.3, 0.4) is 0 Å². The summed E-state index contributed by atoms with van der Waals surface area (Å²) in [6.07, 6.45) is 0. The van der Waals surface area contributed by atoms with E-state index < -0.39 is 34.7 Å². The number of benzene rings is 1. The monoisotopic (exact) mass is 216 g/mol. The van der Waals surface area contributed by atoms with Crippen LogP contribution in [0.1, 0.15) is 20.7 Å². The molecule has 0 aliphatic rings. The molecule has 0 aromatic heterocycles. The predicted octanol–water partition coefficient (Wildman–Crippen LogP) is 1.45. The van der Waals surface area contributed by atoms with E-state index in [0.717, 1.165) is 7.11 Å². The van der Waals surface area contributed by atoms with Crippen molar-refractivity contribution in [1.82, 2.24) is 0 Å². The van der Waals surface area contributed by atoms with E-state index in [1.807, 2.05) is 0 Å². The van der Waals surface area contributed by atoms with E-state index >= 15 is 0 Å². The van der Waals surface area contributed by atoms with Crippen molar-refractivity contribution in [3.8, 4) is 0 Å². The third-order valence-corrected chi connectivity index (χ3v) is 1.69. The molecule has 0 aliphatic heterocycles. The average Bonchev–Trinajstić information content (AvgIpc) is 2.19. The number of rotatable bonds is 2. The second kappa shape index (κ2) is 4.04. The molecule has 0 atom stereocenters. The topological polar surface area (TPSA) is 63.6 Å². The molecule has 0 radical (unpaired) electrons. The number of aromatic carboxylic acids is 1. The molecule has 0 spiro atoms. The Morgan fingerprint density at radius 1 is 1.20 bits per heavy atom. The summed E-state index contributed by atoms with van der Waals surface area (Å²) >= 11 is 0. The van der Waals surface area contributed by atoms with E-state index in [9.17, 15) is 18.4 Å². The number of esters is 1. The fourth-order valence-corrected chi connectivity index (χ4v) is 0.977. The number of hydrogen-bond donors (Lipinski definition) is 1. The maximum absolute atomic E-state index is 13.1. The van der Waals surface area contributed by atoms with E-state index in [0.29, 0.717) is 12.1 Å². The second-order valence-corrected chi connectivity index (χ2v) is 2.61. The summed E-state index contributed by atoms with van der Waals surface area (Å²) in [5.41, 5.74) is -1.47. The number of carboxylic acid groups (broad SMARTS) is 1. The van der Waals surface area contributed by atoms with Gasteiger partial charge in [-0.15, -0.1) is 0 Å². The van der Waals surface area contributed by atoms with Crippen molar-refractivity contribution in [2.75, 3.05) is 7.11 Å². The van der Waals surface area contributed by atoms with Gasteiger partial charge in [-0.3, -0.25) is 0 Å². The summed E-state index contributed by atoms with van der Waals surface area (Å²) < 4.78 is 30.3. The van der Waals surface area contributed by atoms with E-state index in [4.69, 9.17) is 5.11 Å². The van der Waals surface area contributed by atoms with Gasteiger partial charge in [-0.25, -0.2) is 18.4 Å². The normalized spacial score (nSPS) is 9.80. The smallest absolute Gasteiger partial charge is 0.340 e. The van der Waals surface area contributed by atoms with E-state index in [1.165, 1.54) is 0 Å². The summed E-state index contributed by atoms with van der Waals surface area (Å²) in [6, 6.07) is 0.925. The molecule has 80 valence electrons. The fourth-order valence-electron chi connectivity index (χ4n) is 0.977. The van der Waals surface area contributed by atoms with Gasteiger partial charge >= 0.3 is 11.9 Å². The van der Waals surface area contributed by atoms with Crippen LogP contribution in [0.15, 0.2) is 12.1 Å². The Labute approximate surface area is 83.1 Å². The molecule has 1 aromatic carbocycles. The van der Waals surface area contributed by atoms with E-state index in [1.54, 1.807) is 0 Å². The Morgan fingerprint density at radius 2 is 1.67 bits per heavy atom. The number of hydrogen-bond acceptors (Lipinski definition) is 3. The van der Waals surface area contributed by atoms with Gasteiger partial charge in [0.15, 0.2) is 0 Å². The molecule has 0 unspecified atom stereocenters. The van der Waals surface area contributed by atoms with Crippen molar-refractivity contribution in [3.63, 3.8) is 0 Å². The van der Waals surface area contributed by atoms with Crippen molar-refractivity contribution in [2.45, 2.75) is 0 Å². The SMILES string of the molecule is COC(=O)c1cc(F)c(C(=O)O)cc1F. The summed E-state index contributed by atoms with van der Waals surface area (Å²) in [5, 5.41) is 8.45. The maximum Gasteiger partial charge on any atom is 0.340 e. The fraction of sp³-hybridized carbons (Fsp3) is 0.111. The van der Waals surface area contributed by atoms with Crippen LogP contribution in [0.5, 0.6) is 0 Å². The van der Waals surface area contributed by atoms with Gasteiger partial charge < -0.3 is 9.84 Å². The Hall–Kier alpha value is -1.98. The van der Waals surface area contributed by atoms with Gasteiger partial charge in [-0.05, 0) is 12.1 Å². The second-order valence-electron chi connectivity index (χ2n) is 2.61. The molecular formula is C9H6F2O4. The first-order chi connectivity index (χ1) is 6.97. The molecule has 0 saturated heterocycles. The molecule has 1 N–H and O–H groups in total. The zero-order chi connectivity index (χ0) is 11.6. The largest absolute Gasteiger partial charge is 0.478 e. The minimum atomic E-state index is -1.61. The molecule has 0 fully saturated rings. The number of ether oxygens (including phenoxy) is 1. The zero-order valence-corrected chi connectivity index (χ0v) is 7.58. The summed E-state index contributed by atoms with van der Waals surface area (Å²) in [7, 11) is 1.00. The van der Waals surface area contributed by atoms with Crippen molar-refractivity contribution < 1.29 is 28.2 Å². The molecule has 0 bridgehead atoms. The van der Waals surface area contributed by atoms with Gasteiger partial charge in [-0.2, -0.15) is 0 Å². The highest BCUT2D eigenvalue weighted by atomic mass is 19.1. The lowest BCUT2D eigenvalue weighted by Crippen LogP contribution is -2.09. The molecule has 1 rings (SSSR count). The van der Waals surface area contributed by atoms with Gasteiger partial charge in [0.25, 0.3) is 0 Å². The van der Waals surface area contributed by atoms with Crippen LogP contribution < -0.4 is 0 Å². The van der Waals surface area contributed by atoms with Crippen LogP contribution in [0, 0.1) is 11.6 Å². The standard InChI is InChI=1S/C9H6F2O4/c1-15-9(14)5-3-6(10)4(8(12)13)2-7(5)11/h2-3H,1H3,(H,12,13). The highest BCUT2D eigenvalue weighted by molar-refractivity contribution is 5.93. The number of carbonyl (C=O) groups excluding carboxylic acids is 1. The van der Waals surface area contributed by atoms with Crippen LogP contribution in [-0.4, -0.2) is 24.2 Å². The Balaban J connectivity index is 3.31. The minimum Gasteiger partial charge on any atom is -0.478 e. The minimum absolute atomic E-state index is 0.434. The van der Waals surface area contributed by atoms with Crippen molar-refractivity contribution in [1.29, 1.82) is 0 Å². The number of methoxy groups -OCH3 is 1. The first-order valence-corrected chi connectivity index (χ1v) is 3.78.